The summed E-state index contributed by atoms with van der Waals surface area (Å²) in [4.78, 5) is 25.3. The van der Waals surface area contributed by atoms with Crippen molar-refractivity contribution >= 4 is 22.9 Å². The van der Waals surface area contributed by atoms with Crippen molar-refractivity contribution in [2.24, 2.45) is 5.73 Å². The van der Waals surface area contributed by atoms with Gasteiger partial charge in [0, 0.05) is 25.2 Å². The maximum atomic E-state index is 12.3. The summed E-state index contributed by atoms with van der Waals surface area (Å²) in [7, 11) is 0. The molecular formula is C11H15N3O3S. The van der Waals surface area contributed by atoms with E-state index in [0.717, 1.165) is 12.8 Å². The zero-order valence-electron chi connectivity index (χ0n) is 10.1. The molecule has 0 bridgehead atoms. The molecule has 0 radical (unpaired) electrons. The number of likely N-dealkylation sites (tertiary alicyclic amines) is 1. The number of aryl methyl sites for hydroxylation is 1. The summed E-state index contributed by atoms with van der Waals surface area (Å²) in [6.45, 7) is 2.79. The molecule has 0 aromatic carbocycles. The van der Waals surface area contributed by atoms with Crippen LogP contribution in [-0.4, -0.2) is 34.9 Å². The van der Waals surface area contributed by atoms with E-state index in [9.17, 15) is 14.9 Å². The number of carbonyl (C=O) groups is 1. The van der Waals surface area contributed by atoms with Gasteiger partial charge in [0.05, 0.1) is 14.7 Å². The quantitative estimate of drug-likeness (QED) is 0.665. The molecule has 1 atom stereocenters. The van der Waals surface area contributed by atoms with Crippen LogP contribution < -0.4 is 5.73 Å². The van der Waals surface area contributed by atoms with Gasteiger partial charge in [0.15, 0.2) is 0 Å². The summed E-state index contributed by atoms with van der Waals surface area (Å²) in [5.41, 5.74) is 5.64. The molecule has 1 saturated heterocycles. The van der Waals surface area contributed by atoms with Crippen LogP contribution in [0.15, 0.2) is 6.07 Å². The Labute approximate surface area is 109 Å². The van der Waals surface area contributed by atoms with Gasteiger partial charge in [-0.1, -0.05) is 0 Å². The molecule has 0 spiro atoms. The lowest BCUT2D eigenvalue weighted by Gasteiger charge is -2.22. The van der Waals surface area contributed by atoms with Crippen LogP contribution in [0.5, 0.6) is 0 Å². The van der Waals surface area contributed by atoms with Gasteiger partial charge in [-0.2, -0.15) is 0 Å². The molecule has 2 rings (SSSR count). The summed E-state index contributed by atoms with van der Waals surface area (Å²) in [5.74, 6) is -0.135. The number of hydrogen-bond donors (Lipinski definition) is 1. The molecule has 18 heavy (non-hydrogen) atoms. The van der Waals surface area contributed by atoms with Crippen molar-refractivity contribution in [2.45, 2.75) is 25.8 Å². The molecule has 0 aliphatic carbocycles. The first-order valence-electron chi connectivity index (χ1n) is 5.80. The van der Waals surface area contributed by atoms with Crippen LogP contribution in [0.1, 0.15) is 27.4 Å². The van der Waals surface area contributed by atoms with Crippen molar-refractivity contribution in [1.82, 2.24) is 4.90 Å². The third-order valence-electron chi connectivity index (χ3n) is 3.21. The molecule has 2 N–H and O–H groups in total. The lowest BCUT2D eigenvalue weighted by Crippen LogP contribution is -2.39. The molecule has 1 aromatic heterocycles. The monoisotopic (exact) mass is 269 g/mol. The summed E-state index contributed by atoms with van der Waals surface area (Å²) < 4.78 is 0. The summed E-state index contributed by atoms with van der Waals surface area (Å²) >= 11 is 1.18. The first-order chi connectivity index (χ1) is 8.54. The van der Waals surface area contributed by atoms with Crippen LogP contribution in [0.3, 0.4) is 0 Å². The standard InChI is InChI=1S/C11H15N3O3S/c1-7-9(14(16)17)5-10(18-7)11(15)13-4-2-3-8(13)6-12/h5,8H,2-4,6,12H2,1H3. The molecule has 98 valence electrons. The predicted molar refractivity (Wildman–Crippen MR) is 68.8 cm³/mol. The van der Waals surface area contributed by atoms with Gasteiger partial charge in [0.2, 0.25) is 0 Å². The van der Waals surface area contributed by atoms with Crippen molar-refractivity contribution in [2.75, 3.05) is 13.1 Å². The number of hydrogen-bond acceptors (Lipinski definition) is 5. The Bertz CT molecular complexity index is 486. The highest BCUT2D eigenvalue weighted by Crippen LogP contribution is 2.30. The van der Waals surface area contributed by atoms with Gasteiger partial charge in [-0.05, 0) is 19.8 Å². The average molecular weight is 269 g/mol. The lowest BCUT2D eigenvalue weighted by atomic mass is 10.2. The van der Waals surface area contributed by atoms with E-state index in [1.54, 1.807) is 11.8 Å². The fraction of sp³-hybridized carbons (Fsp3) is 0.545. The molecule has 1 aliphatic rings. The van der Waals surface area contributed by atoms with Gasteiger partial charge in [-0.15, -0.1) is 11.3 Å². The van der Waals surface area contributed by atoms with E-state index in [2.05, 4.69) is 0 Å². The number of thiophene rings is 1. The molecule has 1 fully saturated rings. The molecule has 1 unspecified atom stereocenters. The van der Waals surface area contributed by atoms with Gasteiger partial charge >= 0.3 is 0 Å². The number of nitrogens with two attached hydrogens (primary N) is 1. The smallest absolute Gasteiger partial charge is 0.283 e. The largest absolute Gasteiger partial charge is 0.334 e. The van der Waals surface area contributed by atoms with E-state index < -0.39 is 4.92 Å². The van der Waals surface area contributed by atoms with E-state index in [-0.39, 0.29) is 17.6 Å². The van der Waals surface area contributed by atoms with Crippen molar-refractivity contribution in [1.29, 1.82) is 0 Å². The zero-order valence-corrected chi connectivity index (χ0v) is 10.9. The molecule has 1 aliphatic heterocycles. The molecule has 0 saturated carbocycles. The molecule has 6 nitrogen and oxygen atoms in total. The first kappa shape index (κ1) is 13.0. The van der Waals surface area contributed by atoms with Crippen LogP contribution >= 0.6 is 11.3 Å². The van der Waals surface area contributed by atoms with Crippen LogP contribution in [0, 0.1) is 17.0 Å². The van der Waals surface area contributed by atoms with Crippen LogP contribution in [0.25, 0.3) is 0 Å². The molecule has 1 amide bonds. The van der Waals surface area contributed by atoms with Gasteiger partial charge in [-0.3, -0.25) is 14.9 Å². The van der Waals surface area contributed by atoms with E-state index in [4.69, 9.17) is 5.73 Å². The molecule has 1 aromatic rings. The van der Waals surface area contributed by atoms with Crippen molar-refractivity contribution in [3.8, 4) is 0 Å². The number of amides is 1. The van der Waals surface area contributed by atoms with E-state index in [1.165, 1.54) is 17.4 Å². The minimum Gasteiger partial charge on any atom is -0.334 e. The summed E-state index contributed by atoms with van der Waals surface area (Å²) in [6.07, 6.45) is 1.86. The Morgan fingerprint density at radius 1 is 1.72 bits per heavy atom. The van der Waals surface area contributed by atoms with Crippen LogP contribution in [-0.2, 0) is 0 Å². The fourth-order valence-corrected chi connectivity index (χ4v) is 3.19. The summed E-state index contributed by atoms with van der Waals surface area (Å²) in [5, 5.41) is 10.8. The highest BCUT2D eigenvalue weighted by atomic mass is 32.1. The van der Waals surface area contributed by atoms with Crippen molar-refractivity contribution in [3.05, 3.63) is 25.9 Å². The Morgan fingerprint density at radius 3 is 3.00 bits per heavy atom. The van der Waals surface area contributed by atoms with Gasteiger partial charge < -0.3 is 10.6 Å². The van der Waals surface area contributed by atoms with Gasteiger partial charge in [0.25, 0.3) is 11.6 Å². The van der Waals surface area contributed by atoms with Crippen LogP contribution in [0.2, 0.25) is 0 Å². The SMILES string of the molecule is Cc1sc(C(=O)N2CCCC2CN)cc1[N+](=O)[O-]. The summed E-state index contributed by atoms with van der Waals surface area (Å²) in [6, 6.07) is 1.44. The Kier molecular flexibility index (Phi) is 3.63. The number of nitro groups is 1. The number of nitrogens with zero attached hydrogens (tertiary/aromatic N) is 2. The second-order valence-corrected chi connectivity index (χ2v) is 5.60. The van der Waals surface area contributed by atoms with E-state index >= 15 is 0 Å². The second kappa shape index (κ2) is 5.03. The third kappa shape index (κ3) is 2.23. The Hall–Kier alpha value is -1.47. The van der Waals surface area contributed by atoms with Crippen molar-refractivity contribution in [3.63, 3.8) is 0 Å². The highest BCUT2D eigenvalue weighted by Gasteiger charge is 2.30. The Balaban J connectivity index is 2.23. The van der Waals surface area contributed by atoms with Crippen molar-refractivity contribution < 1.29 is 9.72 Å². The van der Waals surface area contributed by atoms with Gasteiger partial charge in [0.1, 0.15) is 0 Å². The molecule has 2 heterocycles. The van der Waals surface area contributed by atoms with E-state index in [0.29, 0.717) is 22.8 Å². The second-order valence-electron chi connectivity index (χ2n) is 4.34. The number of carbonyl (C=O) groups excluding carboxylic acids is 1. The lowest BCUT2D eigenvalue weighted by molar-refractivity contribution is -0.385. The average Bonchev–Trinajstić information content (AvgIpc) is 2.93. The number of rotatable bonds is 3. The van der Waals surface area contributed by atoms with Crippen LogP contribution in [0.4, 0.5) is 5.69 Å². The molecule has 7 heteroatoms. The topological polar surface area (TPSA) is 89.5 Å². The first-order valence-corrected chi connectivity index (χ1v) is 6.62. The third-order valence-corrected chi connectivity index (χ3v) is 4.24. The normalized spacial score (nSPS) is 19.2. The molecular weight excluding hydrogens is 254 g/mol. The Morgan fingerprint density at radius 2 is 2.44 bits per heavy atom. The highest BCUT2D eigenvalue weighted by molar-refractivity contribution is 7.14. The maximum Gasteiger partial charge on any atom is 0.283 e. The minimum absolute atomic E-state index is 0.0202. The van der Waals surface area contributed by atoms with E-state index in [1.807, 2.05) is 0 Å². The predicted octanol–water partition coefficient (Wildman–Crippen LogP) is 1.53. The maximum absolute atomic E-state index is 12.3. The van der Waals surface area contributed by atoms with Gasteiger partial charge in [-0.25, -0.2) is 0 Å². The fourth-order valence-electron chi connectivity index (χ4n) is 2.25. The zero-order chi connectivity index (χ0) is 13.3. The minimum atomic E-state index is -0.451.